The number of aliphatic hydroxyl groups is 1. The van der Waals surface area contributed by atoms with E-state index in [1.165, 1.54) is 4.31 Å². The normalized spacial score (nSPS) is 22.7. The van der Waals surface area contributed by atoms with Gasteiger partial charge in [0.25, 0.3) is 0 Å². The minimum absolute atomic E-state index is 0.337. The molecule has 0 radical (unpaired) electrons. The summed E-state index contributed by atoms with van der Waals surface area (Å²) in [5.41, 5.74) is 1.04. The molecule has 1 unspecified atom stereocenters. The Morgan fingerprint density at radius 2 is 1.83 bits per heavy atom. The highest BCUT2D eigenvalue weighted by molar-refractivity contribution is 7.89. The van der Waals surface area contributed by atoms with E-state index in [1.807, 2.05) is 6.92 Å². The van der Waals surface area contributed by atoms with Crippen LogP contribution >= 0.6 is 0 Å². The second-order valence-corrected chi connectivity index (χ2v) is 6.74. The molecule has 0 amide bonds. The van der Waals surface area contributed by atoms with E-state index in [9.17, 15) is 13.5 Å². The quantitative estimate of drug-likeness (QED) is 0.886. The van der Waals surface area contributed by atoms with Crippen LogP contribution in [0.3, 0.4) is 0 Å². The smallest absolute Gasteiger partial charge is 0.243 e. The lowest BCUT2D eigenvalue weighted by atomic mass is 10.2. The van der Waals surface area contributed by atoms with E-state index in [-0.39, 0.29) is 6.10 Å². The number of sulfonamides is 1. The van der Waals surface area contributed by atoms with Gasteiger partial charge in [0.05, 0.1) is 11.0 Å². The zero-order chi connectivity index (χ0) is 13.2. The van der Waals surface area contributed by atoms with Gasteiger partial charge in [0.15, 0.2) is 0 Å². The predicted octanol–water partition coefficient (Wildman–Crippen LogP) is 1.53. The lowest BCUT2D eigenvalue weighted by Crippen LogP contribution is -2.32. The van der Waals surface area contributed by atoms with Crippen LogP contribution in [-0.4, -0.2) is 37.0 Å². The van der Waals surface area contributed by atoms with E-state index < -0.39 is 10.0 Å². The van der Waals surface area contributed by atoms with Crippen molar-refractivity contribution in [1.82, 2.24) is 4.31 Å². The molecule has 1 aliphatic rings. The average Bonchev–Trinajstić information content (AvgIpc) is 2.55. The molecule has 0 aliphatic carbocycles. The van der Waals surface area contributed by atoms with E-state index in [0.717, 1.165) is 5.56 Å². The van der Waals surface area contributed by atoms with Crippen molar-refractivity contribution in [3.8, 4) is 0 Å². The topological polar surface area (TPSA) is 57.6 Å². The Morgan fingerprint density at radius 1 is 1.17 bits per heavy atom. The van der Waals surface area contributed by atoms with Gasteiger partial charge in [-0.25, -0.2) is 8.42 Å². The van der Waals surface area contributed by atoms with Crippen LogP contribution in [0.25, 0.3) is 0 Å². The fourth-order valence-corrected chi connectivity index (χ4v) is 3.65. The van der Waals surface area contributed by atoms with E-state index in [0.29, 0.717) is 37.2 Å². The fourth-order valence-electron chi connectivity index (χ4n) is 2.15. The minimum Gasteiger partial charge on any atom is -0.393 e. The molecular weight excluding hydrogens is 250 g/mol. The summed E-state index contributed by atoms with van der Waals surface area (Å²) in [4.78, 5) is 0.337. The maximum Gasteiger partial charge on any atom is 0.243 e. The van der Waals surface area contributed by atoms with Gasteiger partial charge in [-0.15, -0.1) is 0 Å². The number of hydrogen-bond acceptors (Lipinski definition) is 3. The maximum absolute atomic E-state index is 12.4. The number of rotatable bonds is 2. The zero-order valence-electron chi connectivity index (χ0n) is 10.5. The Labute approximate surface area is 108 Å². The number of aliphatic hydroxyl groups excluding tert-OH is 1. The standard InChI is InChI=1S/C13H19NO3S/c1-11-4-6-13(7-5-11)18(16,17)14-9-2-3-12(15)8-10-14/h4-7,12,15H,2-3,8-10H2,1H3. The molecule has 0 saturated carbocycles. The Morgan fingerprint density at radius 3 is 2.50 bits per heavy atom. The lowest BCUT2D eigenvalue weighted by molar-refractivity contribution is 0.159. The summed E-state index contributed by atoms with van der Waals surface area (Å²) in [7, 11) is -3.40. The molecule has 1 N–H and O–H groups in total. The molecule has 2 rings (SSSR count). The summed E-state index contributed by atoms with van der Waals surface area (Å²) < 4.78 is 26.3. The monoisotopic (exact) mass is 269 g/mol. The van der Waals surface area contributed by atoms with E-state index in [1.54, 1.807) is 24.3 Å². The number of hydrogen-bond donors (Lipinski definition) is 1. The molecule has 0 aromatic heterocycles. The van der Waals surface area contributed by atoms with Gasteiger partial charge in [-0.05, 0) is 38.3 Å². The molecular formula is C13H19NO3S. The third-order valence-electron chi connectivity index (χ3n) is 3.32. The summed E-state index contributed by atoms with van der Waals surface area (Å²) in [5, 5.41) is 9.56. The Balaban J connectivity index is 2.22. The molecule has 0 spiro atoms. The first-order valence-corrected chi connectivity index (χ1v) is 7.69. The van der Waals surface area contributed by atoms with Gasteiger partial charge in [0, 0.05) is 13.1 Å². The van der Waals surface area contributed by atoms with Gasteiger partial charge >= 0.3 is 0 Å². The van der Waals surface area contributed by atoms with Crippen molar-refractivity contribution in [2.45, 2.75) is 37.2 Å². The number of nitrogens with zero attached hydrogens (tertiary/aromatic N) is 1. The molecule has 1 aliphatic heterocycles. The molecule has 1 saturated heterocycles. The third kappa shape index (κ3) is 2.91. The van der Waals surface area contributed by atoms with Crippen LogP contribution in [0.2, 0.25) is 0 Å². The highest BCUT2D eigenvalue weighted by Gasteiger charge is 2.26. The van der Waals surface area contributed by atoms with Crippen molar-refractivity contribution in [1.29, 1.82) is 0 Å². The minimum atomic E-state index is -3.40. The molecule has 1 aromatic carbocycles. The van der Waals surface area contributed by atoms with Gasteiger partial charge in [0.2, 0.25) is 10.0 Å². The number of aryl methyl sites for hydroxylation is 1. The molecule has 1 fully saturated rings. The first-order valence-electron chi connectivity index (χ1n) is 6.25. The second-order valence-electron chi connectivity index (χ2n) is 4.80. The Kier molecular flexibility index (Phi) is 4.04. The lowest BCUT2D eigenvalue weighted by Gasteiger charge is -2.20. The summed E-state index contributed by atoms with van der Waals surface area (Å²) in [5.74, 6) is 0. The van der Waals surface area contributed by atoms with Crippen molar-refractivity contribution >= 4 is 10.0 Å². The van der Waals surface area contributed by atoms with Gasteiger partial charge in [-0.1, -0.05) is 17.7 Å². The predicted molar refractivity (Wildman–Crippen MR) is 69.8 cm³/mol. The molecule has 100 valence electrons. The maximum atomic E-state index is 12.4. The van der Waals surface area contributed by atoms with E-state index in [2.05, 4.69) is 0 Å². The van der Waals surface area contributed by atoms with Crippen LogP contribution in [0.1, 0.15) is 24.8 Å². The molecule has 4 nitrogen and oxygen atoms in total. The van der Waals surface area contributed by atoms with E-state index in [4.69, 9.17) is 0 Å². The first kappa shape index (κ1) is 13.5. The van der Waals surface area contributed by atoms with Crippen molar-refractivity contribution in [2.75, 3.05) is 13.1 Å². The Hall–Kier alpha value is -0.910. The van der Waals surface area contributed by atoms with Crippen molar-refractivity contribution in [3.05, 3.63) is 29.8 Å². The molecule has 1 heterocycles. The SMILES string of the molecule is Cc1ccc(S(=O)(=O)N2CCCC(O)CC2)cc1. The van der Waals surface area contributed by atoms with Crippen molar-refractivity contribution in [3.63, 3.8) is 0 Å². The highest BCUT2D eigenvalue weighted by atomic mass is 32.2. The molecule has 18 heavy (non-hydrogen) atoms. The van der Waals surface area contributed by atoms with Gasteiger partial charge < -0.3 is 5.11 Å². The van der Waals surface area contributed by atoms with Gasteiger partial charge in [-0.3, -0.25) is 0 Å². The summed E-state index contributed by atoms with van der Waals surface area (Å²) in [6.07, 6.45) is 1.54. The molecule has 5 heteroatoms. The van der Waals surface area contributed by atoms with Crippen LogP contribution in [0, 0.1) is 6.92 Å². The van der Waals surface area contributed by atoms with Crippen molar-refractivity contribution < 1.29 is 13.5 Å². The Bertz CT molecular complexity index is 495. The zero-order valence-corrected chi connectivity index (χ0v) is 11.4. The third-order valence-corrected chi connectivity index (χ3v) is 5.23. The number of benzene rings is 1. The van der Waals surface area contributed by atoms with Gasteiger partial charge in [-0.2, -0.15) is 4.31 Å². The second kappa shape index (κ2) is 5.38. The van der Waals surface area contributed by atoms with Crippen LogP contribution in [0.15, 0.2) is 29.2 Å². The summed E-state index contributed by atoms with van der Waals surface area (Å²) in [6.45, 7) is 2.82. The molecule has 1 aromatic rings. The molecule has 0 bridgehead atoms. The van der Waals surface area contributed by atoms with Crippen LogP contribution in [0.4, 0.5) is 0 Å². The van der Waals surface area contributed by atoms with Crippen molar-refractivity contribution in [2.24, 2.45) is 0 Å². The van der Waals surface area contributed by atoms with E-state index >= 15 is 0 Å². The largest absolute Gasteiger partial charge is 0.393 e. The molecule has 1 atom stereocenters. The highest BCUT2D eigenvalue weighted by Crippen LogP contribution is 2.20. The first-order chi connectivity index (χ1) is 8.50. The summed E-state index contributed by atoms with van der Waals surface area (Å²) in [6, 6.07) is 6.90. The fraction of sp³-hybridized carbons (Fsp3) is 0.538. The van der Waals surface area contributed by atoms with Crippen LogP contribution in [-0.2, 0) is 10.0 Å². The summed E-state index contributed by atoms with van der Waals surface area (Å²) >= 11 is 0. The average molecular weight is 269 g/mol. The van der Waals surface area contributed by atoms with Crippen LogP contribution in [0.5, 0.6) is 0 Å². The van der Waals surface area contributed by atoms with Crippen LogP contribution < -0.4 is 0 Å². The van der Waals surface area contributed by atoms with Gasteiger partial charge in [0.1, 0.15) is 0 Å².